The molecule has 100 valence electrons. The molecule has 1 N–H and O–H groups in total. The maximum absolute atomic E-state index is 13.8. The van der Waals surface area contributed by atoms with E-state index in [0.717, 1.165) is 17.7 Å². The lowest BCUT2D eigenvalue weighted by molar-refractivity contribution is 0.523. The molecule has 1 nitrogen and oxygen atoms in total. The van der Waals surface area contributed by atoms with E-state index in [4.69, 9.17) is 11.6 Å². The molecule has 0 heterocycles. The number of benzene rings is 2. The summed E-state index contributed by atoms with van der Waals surface area (Å²) in [5.74, 6) is -0.856. The monoisotopic (exact) mass is 281 g/mol. The lowest BCUT2D eigenvalue weighted by Gasteiger charge is -2.17. The molecule has 0 aliphatic carbocycles. The molecule has 0 spiro atoms. The van der Waals surface area contributed by atoms with Crippen molar-refractivity contribution in [2.24, 2.45) is 0 Å². The summed E-state index contributed by atoms with van der Waals surface area (Å²) in [4.78, 5) is 0. The summed E-state index contributed by atoms with van der Waals surface area (Å²) in [6.45, 7) is 0. The third kappa shape index (κ3) is 3.52. The van der Waals surface area contributed by atoms with Gasteiger partial charge in [-0.25, -0.2) is 8.78 Å². The molecule has 1 atom stereocenters. The van der Waals surface area contributed by atoms with E-state index in [1.165, 1.54) is 6.07 Å². The maximum Gasteiger partial charge on any atom is 0.128 e. The number of rotatable bonds is 4. The second kappa shape index (κ2) is 6.13. The highest BCUT2D eigenvalue weighted by Crippen LogP contribution is 2.23. The van der Waals surface area contributed by atoms with Crippen molar-refractivity contribution in [3.8, 4) is 0 Å². The lowest BCUT2D eigenvalue weighted by Crippen LogP contribution is -2.20. The van der Waals surface area contributed by atoms with Gasteiger partial charge in [0.05, 0.1) is 0 Å². The zero-order valence-corrected chi connectivity index (χ0v) is 11.2. The molecule has 0 saturated heterocycles. The van der Waals surface area contributed by atoms with Crippen LogP contribution in [-0.2, 0) is 6.42 Å². The van der Waals surface area contributed by atoms with Crippen molar-refractivity contribution in [1.29, 1.82) is 0 Å². The molecule has 2 rings (SSSR count). The highest BCUT2D eigenvalue weighted by Gasteiger charge is 2.15. The predicted molar refractivity (Wildman–Crippen MR) is 73.3 cm³/mol. The molecule has 1 unspecified atom stereocenters. The number of hydrogen-bond donors (Lipinski definition) is 1. The highest BCUT2D eigenvalue weighted by molar-refractivity contribution is 6.30. The van der Waals surface area contributed by atoms with Crippen LogP contribution in [0.1, 0.15) is 17.2 Å². The smallest absolute Gasteiger partial charge is 0.128 e. The van der Waals surface area contributed by atoms with Gasteiger partial charge in [-0.05, 0) is 49.4 Å². The molecule has 2 aromatic rings. The summed E-state index contributed by atoms with van der Waals surface area (Å²) < 4.78 is 27.0. The Bertz CT molecular complexity index is 572. The minimum atomic E-state index is -0.442. The first kappa shape index (κ1) is 14.0. The van der Waals surface area contributed by atoms with Crippen LogP contribution in [0.2, 0.25) is 5.02 Å². The largest absolute Gasteiger partial charge is 0.313 e. The molecule has 0 saturated carbocycles. The Hall–Kier alpha value is -1.45. The molecule has 0 aromatic heterocycles. The van der Waals surface area contributed by atoms with Gasteiger partial charge in [0, 0.05) is 16.6 Å². The molecule has 0 aliphatic heterocycles. The fourth-order valence-electron chi connectivity index (χ4n) is 2.05. The van der Waals surface area contributed by atoms with Gasteiger partial charge in [-0.2, -0.15) is 0 Å². The van der Waals surface area contributed by atoms with Gasteiger partial charge in [-0.3, -0.25) is 0 Å². The second-order valence-electron chi connectivity index (χ2n) is 4.34. The first-order valence-corrected chi connectivity index (χ1v) is 6.34. The topological polar surface area (TPSA) is 12.0 Å². The van der Waals surface area contributed by atoms with E-state index >= 15 is 0 Å². The van der Waals surface area contributed by atoms with Crippen LogP contribution in [0.5, 0.6) is 0 Å². The third-order valence-corrected chi connectivity index (χ3v) is 3.25. The molecule has 19 heavy (non-hydrogen) atoms. The molecular weight excluding hydrogens is 268 g/mol. The predicted octanol–water partition coefficient (Wildman–Crippen LogP) is 4.12. The zero-order chi connectivity index (χ0) is 13.8. The number of hydrogen-bond acceptors (Lipinski definition) is 1. The van der Waals surface area contributed by atoms with Gasteiger partial charge in [0.2, 0.25) is 0 Å². The maximum atomic E-state index is 13.8. The fourth-order valence-corrected chi connectivity index (χ4v) is 2.26. The van der Waals surface area contributed by atoms with Crippen LogP contribution >= 0.6 is 11.6 Å². The lowest BCUT2D eigenvalue weighted by atomic mass is 9.98. The first-order valence-electron chi connectivity index (χ1n) is 5.97. The summed E-state index contributed by atoms with van der Waals surface area (Å²) in [5, 5.41) is 3.64. The molecule has 0 amide bonds. The molecule has 0 aliphatic rings. The standard InChI is InChI=1S/C15H14ClF2N/c1-19-15(8-10-3-2-4-11(16)7-10)13-9-12(17)5-6-14(13)18/h2-7,9,15,19H,8H2,1H3. The SMILES string of the molecule is CNC(Cc1cccc(Cl)c1)c1cc(F)ccc1F. The van der Waals surface area contributed by atoms with E-state index in [0.29, 0.717) is 17.0 Å². The first-order chi connectivity index (χ1) is 9.10. The van der Waals surface area contributed by atoms with E-state index < -0.39 is 11.6 Å². The Kier molecular flexibility index (Phi) is 4.51. The van der Waals surface area contributed by atoms with E-state index in [9.17, 15) is 8.78 Å². The average Bonchev–Trinajstić information content (AvgIpc) is 2.39. The molecule has 2 aromatic carbocycles. The van der Waals surface area contributed by atoms with Crippen LogP contribution in [0.4, 0.5) is 8.78 Å². The Morgan fingerprint density at radius 1 is 1.16 bits per heavy atom. The van der Waals surface area contributed by atoms with Crippen molar-refractivity contribution in [2.45, 2.75) is 12.5 Å². The van der Waals surface area contributed by atoms with Gasteiger partial charge < -0.3 is 5.32 Å². The Labute approximate surface area is 116 Å². The van der Waals surface area contributed by atoms with Gasteiger partial charge in [0.15, 0.2) is 0 Å². The highest BCUT2D eigenvalue weighted by atomic mass is 35.5. The summed E-state index contributed by atoms with van der Waals surface area (Å²) in [5.41, 5.74) is 1.29. The number of likely N-dealkylation sites (N-methyl/N-ethyl adjacent to an activating group) is 1. The van der Waals surface area contributed by atoms with Gasteiger partial charge in [0.25, 0.3) is 0 Å². The molecule has 0 radical (unpaired) electrons. The second-order valence-corrected chi connectivity index (χ2v) is 4.78. The van der Waals surface area contributed by atoms with Crippen LogP contribution < -0.4 is 5.32 Å². The van der Waals surface area contributed by atoms with Crippen LogP contribution in [0.15, 0.2) is 42.5 Å². The normalized spacial score (nSPS) is 12.4. The molecular formula is C15H14ClF2N. The van der Waals surface area contributed by atoms with Crippen LogP contribution in [-0.4, -0.2) is 7.05 Å². The van der Waals surface area contributed by atoms with Crippen molar-refractivity contribution in [3.63, 3.8) is 0 Å². The molecule has 0 fully saturated rings. The fraction of sp³-hybridized carbons (Fsp3) is 0.200. The van der Waals surface area contributed by atoms with Crippen LogP contribution in [0, 0.1) is 11.6 Å². The Morgan fingerprint density at radius 2 is 1.95 bits per heavy atom. The van der Waals surface area contributed by atoms with Crippen molar-refractivity contribution in [1.82, 2.24) is 5.32 Å². The summed E-state index contributed by atoms with van der Waals surface area (Å²) >= 11 is 5.92. The van der Waals surface area contributed by atoms with E-state index in [-0.39, 0.29) is 6.04 Å². The zero-order valence-electron chi connectivity index (χ0n) is 10.5. The van der Waals surface area contributed by atoms with Gasteiger partial charge in [0.1, 0.15) is 11.6 Å². The minimum Gasteiger partial charge on any atom is -0.313 e. The molecule has 4 heteroatoms. The van der Waals surface area contributed by atoms with Crippen LogP contribution in [0.3, 0.4) is 0 Å². The van der Waals surface area contributed by atoms with Gasteiger partial charge in [-0.15, -0.1) is 0 Å². The summed E-state index contributed by atoms with van der Waals surface area (Å²) in [7, 11) is 1.72. The number of halogens is 3. The van der Waals surface area contributed by atoms with Gasteiger partial charge in [-0.1, -0.05) is 23.7 Å². The summed E-state index contributed by atoms with van der Waals surface area (Å²) in [6.07, 6.45) is 0.539. The van der Waals surface area contributed by atoms with Crippen molar-refractivity contribution in [2.75, 3.05) is 7.05 Å². The minimum absolute atomic E-state index is 0.297. The summed E-state index contributed by atoms with van der Waals surface area (Å²) in [6, 6.07) is 10.5. The third-order valence-electron chi connectivity index (χ3n) is 3.01. The van der Waals surface area contributed by atoms with Crippen molar-refractivity contribution >= 4 is 11.6 Å². The Balaban J connectivity index is 2.27. The van der Waals surface area contributed by atoms with Crippen molar-refractivity contribution in [3.05, 3.63) is 70.2 Å². The van der Waals surface area contributed by atoms with E-state index in [1.54, 1.807) is 13.1 Å². The van der Waals surface area contributed by atoms with Gasteiger partial charge >= 0.3 is 0 Å². The number of nitrogens with one attached hydrogen (secondary N) is 1. The Morgan fingerprint density at radius 3 is 2.63 bits per heavy atom. The quantitative estimate of drug-likeness (QED) is 0.889. The van der Waals surface area contributed by atoms with E-state index in [1.807, 2.05) is 18.2 Å². The van der Waals surface area contributed by atoms with Crippen LogP contribution in [0.25, 0.3) is 0 Å². The molecule has 0 bridgehead atoms. The van der Waals surface area contributed by atoms with E-state index in [2.05, 4.69) is 5.32 Å². The van der Waals surface area contributed by atoms with Crippen molar-refractivity contribution < 1.29 is 8.78 Å². The average molecular weight is 282 g/mol.